The number of carbonyl (C=O) groups is 1. The highest BCUT2D eigenvalue weighted by Gasteiger charge is 2.50. The van der Waals surface area contributed by atoms with E-state index >= 15 is 0 Å². The minimum absolute atomic E-state index is 0.0642. The van der Waals surface area contributed by atoms with Crippen molar-refractivity contribution in [1.82, 2.24) is 9.97 Å². The van der Waals surface area contributed by atoms with Crippen molar-refractivity contribution in [3.8, 4) is 0 Å². The first-order valence-electron chi connectivity index (χ1n) is 6.66. The second kappa shape index (κ2) is 4.31. The number of nitrogens with zero attached hydrogens (tertiary/aromatic N) is 3. The molecule has 2 aliphatic heterocycles. The number of carbonyl (C=O) groups excluding carboxylic acids is 1. The van der Waals surface area contributed by atoms with Crippen molar-refractivity contribution in [2.45, 2.75) is 19.3 Å². The van der Waals surface area contributed by atoms with E-state index in [2.05, 4.69) is 9.97 Å². The van der Waals surface area contributed by atoms with E-state index in [9.17, 15) is 4.79 Å². The van der Waals surface area contributed by atoms with Crippen molar-refractivity contribution in [3.05, 3.63) is 18.1 Å². The number of hydrogen-bond acceptors (Lipinski definition) is 6. The van der Waals surface area contributed by atoms with E-state index in [-0.39, 0.29) is 20.0 Å². The van der Waals surface area contributed by atoms with Crippen molar-refractivity contribution in [1.29, 1.82) is 0 Å². The van der Waals surface area contributed by atoms with E-state index in [0.717, 1.165) is 24.4 Å². The lowest BCUT2D eigenvalue weighted by atomic mass is 9.77. The lowest BCUT2D eigenvalue weighted by Gasteiger charge is -2.16. The number of hydrogen-bond donors (Lipinski definition) is 0. The van der Waals surface area contributed by atoms with Gasteiger partial charge < -0.3 is 14.0 Å². The van der Waals surface area contributed by atoms with Crippen molar-refractivity contribution in [2.75, 3.05) is 17.7 Å². The van der Waals surface area contributed by atoms with Gasteiger partial charge in [-0.3, -0.25) is 4.79 Å². The van der Waals surface area contributed by atoms with Gasteiger partial charge in [0, 0.05) is 18.4 Å². The molecule has 8 heteroatoms. The second-order valence-corrected chi connectivity index (χ2v) is 5.27. The fourth-order valence-corrected chi connectivity index (χ4v) is 2.24. The monoisotopic (exact) mass is 257 g/mol. The van der Waals surface area contributed by atoms with Gasteiger partial charge in [-0.25, -0.2) is 9.97 Å². The molecule has 0 N–H and O–H groups in total. The van der Waals surface area contributed by atoms with Crippen LogP contribution in [-0.4, -0.2) is 42.9 Å². The molecule has 0 spiro atoms. The topological polar surface area (TPSA) is 71.2 Å². The van der Waals surface area contributed by atoms with Crippen LogP contribution in [0, 0.1) is 5.92 Å². The summed E-state index contributed by atoms with van der Waals surface area (Å²) in [6.45, 7) is 1.42. The van der Waals surface area contributed by atoms with Crippen LogP contribution < -0.4 is 4.72 Å². The van der Waals surface area contributed by atoms with Gasteiger partial charge in [0.15, 0.2) is 0 Å². The lowest BCUT2D eigenvalue weighted by Crippen LogP contribution is -2.37. The quantitative estimate of drug-likeness (QED) is 0.524. The van der Waals surface area contributed by atoms with Crippen molar-refractivity contribution >= 4 is 25.7 Å². The summed E-state index contributed by atoms with van der Waals surface area (Å²) in [5, 5.41) is 0. The smallest absolute Gasteiger partial charge is 0.418 e. The summed E-state index contributed by atoms with van der Waals surface area (Å²) < 4.78 is 12.6. The molecule has 1 saturated carbocycles. The molecule has 0 radical (unpaired) electrons. The number of rotatable bonds is 6. The largest absolute Gasteiger partial charge is 0.430 e. The summed E-state index contributed by atoms with van der Waals surface area (Å²) >= 11 is 0. The van der Waals surface area contributed by atoms with E-state index in [1.54, 1.807) is 0 Å². The zero-order valence-corrected chi connectivity index (χ0v) is 10.5. The van der Waals surface area contributed by atoms with Crippen LogP contribution in [0.1, 0.15) is 18.5 Å². The summed E-state index contributed by atoms with van der Waals surface area (Å²) in [6.07, 6.45) is 4.00. The Labute approximate surface area is 111 Å². The minimum atomic E-state index is 0.0642. The molecular formula is C11H13B2N3O3. The predicted octanol–water partition coefficient (Wildman–Crippen LogP) is -0.0802. The Bertz CT molecular complexity index is 506. The fraction of sp³-hybridized carbons (Fsp3) is 0.545. The van der Waals surface area contributed by atoms with Crippen LogP contribution in [0.25, 0.3) is 0 Å². The maximum atomic E-state index is 11.8. The normalized spacial score (nSPS) is 20.4. The fourth-order valence-electron chi connectivity index (χ4n) is 2.24. The van der Waals surface area contributed by atoms with E-state index in [1.165, 1.54) is 6.33 Å². The first-order chi connectivity index (χ1) is 9.31. The Morgan fingerprint density at radius 1 is 1.32 bits per heavy atom. The molecule has 1 aliphatic carbocycles. The molecular weight excluding hydrogens is 244 g/mol. The highest BCUT2D eigenvalue weighted by molar-refractivity contribution is 6.84. The van der Waals surface area contributed by atoms with E-state index in [0.29, 0.717) is 25.2 Å². The predicted molar refractivity (Wildman–Crippen MR) is 69.4 cm³/mol. The van der Waals surface area contributed by atoms with Gasteiger partial charge in [0.25, 0.3) is 0 Å². The second-order valence-electron chi connectivity index (χ2n) is 5.27. The molecule has 1 aromatic rings. The average Bonchev–Trinajstić information content (AvgIpc) is 3.28. The van der Waals surface area contributed by atoms with Gasteiger partial charge in [-0.1, -0.05) is 0 Å². The molecule has 6 nitrogen and oxygen atoms in total. The highest BCUT2D eigenvalue weighted by atomic mass is 16.5. The molecule has 0 atom stereocenters. The molecule has 0 unspecified atom stereocenters. The SMILES string of the molecule is O=C(Cc1cc(N(B2CO2)B2CO2)ncn1)C1CC1. The first-order valence-corrected chi connectivity index (χ1v) is 6.66. The summed E-state index contributed by atoms with van der Waals surface area (Å²) in [5.74, 6) is 1.35. The van der Waals surface area contributed by atoms with Crippen LogP contribution in [0.2, 0.25) is 0 Å². The van der Waals surface area contributed by atoms with Crippen LogP contribution in [-0.2, 0) is 20.5 Å². The van der Waals surface area contributed by atoms with Gasteiger partial charge in [-0.2, -0.15) is 0 Å². The van der Waals surface area contributed by atoms with Gasteiger partial charge in [0.2, 0.25) is 0 Å². The Balaban J connectivity index is 1.53. The zero-order valence-electron chi connectivity index (χ0n) is 10.5. The maximum absolute atomic E-state index is 11.8. The van der Waals surface area contributed by atoms with Gasteiger partial charge in [0.05, 0.1) is 18.7 Å². The van der Waals surface area contributed by atoms with Crippen LogP contribution in [0.4, 0.5) is 5.82 Å². The molecule has 4 rings (SSSR count). The molecule has 96 valence electrons. The lowest BCUT2D eigenvalue weighted by molar-refractivity contribution is -0.119. The van der Waals surface area contributed by atoms with E-state index < -0.39 is 0 Å². The highest BCUT2D eigenvalue weighted by Crippen LogP contribution is 2.31. The minimum Gasteiger partial charge on any atom is -0.418 e. The van der Waals surface area contributed by atoms with Gasteiger partial charge >= 0.3 is 14.1 Å². The first kappa shape index (κ1) is 11.4. The van der Waals surface area contributed by atoms with Crippen molar-refractivity contribution < 1.29 is 14.1 Å². The van der Waals surface area contributed by atoms with E-state index in [1.807, 2.05) is 10.8 Å². The van der Waals surface area contributed by atoms with Gasteiger partial charge in [-0.15, -0.1) is 0 Å². The molecule has 19 heavy (non-hydrogen) atoms. The van der Waals surface area contributed by atoms with Crippen molar-refractivity contribution in [2.24, 2.45) is 5.92 Å². The third kappa shape index (κ3) is 2.50. The van der Waals surface area contributed by atoms with Crippen LogP contribution >= 0.6 is 0 Å². The summed E-state index contributed by atoms with van der Waals surface area (Å²) in [4.78, 5) is 20.3. The number of anilines is 1. The summed E-state index contributed by atoms with van der Waals surface area (Å²) in [6, 6.07) is 1.88. The molecule has 3 heterocycles. The third-order valence-electron chi connectivity index (χ3n) is 3.61. The molecule has 0 aromatic carbocycles. The van der Waals surface area contributed by atoms with Crippen LogP contribution in [0.5, 0.6) is 0 Å². The maximum Gasteiger partial charge on any atom is 0.430 e. The number of ketones is 1. The Morgan fingerprint density at radius 3 is 2.58 bits per heavy atom. The van der Waals surface area contributed by atoms with Gasteiger partial charge in [0.1, 0.15) is 17.9 Å². The Hall–Kier alpha value is -1.40. The van der Waals surface area contributed by atoms with Crippen LogP contribution in [0.15, 0.2) is 12.4 Å². The molecule has 0 bridgehead atoms. The number of Topliss-reactive ketones (excluding diaryl/α,β-unsaturated/α-hetero) is 1. The van der Waals surface area contributed by atoms with Gasteiger partial charge in [-0.05, 0) is 12.8 Å². The Morgan fingerprint density at radius 2 is 2.00 bits per heavy atom. The van der Waals surface area contributed by atoms with Crippen molar-refractivity contribution in [3.63, 3.8) is 0 Å². The van der Waals surface area contributed by atoms with E-state index in [4.69, 9.17) is 9.31 Å². The third-order valence-corrected chi connectivity index (χ3v) is 3.61. The number of aromatic nitrogens is 2. The molecule has 0 amide bonds. The summed E-state index contributed by atoms with van der Waals surface area (Å²) in [7, 11) is 0.128. The summed E-state index contributed by atoms with van der Waals surface area (Å²) in [5.41, 5.74) is 0.785. The molecule has 2 saturated heterocycles. The average molecular weight is 257 g/mol. The molecule has 3 aliphatic rings. The van der Waals surface area contributed by atoms with Crippen LogP contribution in [0.3, 0.4) is 0 Å². The molecule has 1 aromatic heterocycles. The standard InChI is InChI=1S/C11H13B2N3O3/c17-10(8-1-2-8)3-9-4-11(15-7-14-9)16(12-5-18-12)13-6-19-13/h4,7-8H,1-3,5-6H2. The molecule has 3 fully saturated rings. The zero-order chi connectivity index (χ0) is 12.8. The Kier molecular flexibility index (Phi) is 2.60.